The molecule has 0 atom stereocenters. The van der Waals surface area contributed by atoms with Gasteiger partial charge in [0.2, 0.25) is 5.91 Å². The standard InChI is InChI=1S/C14H24N2O3/c17-13(15-8-3-4-9-15)11-16(10-7-14(18)19)12-5-1-2-6-12/h12H,1-11H2,(H,18,19). The third-order valence-corrected chi connectivity index (χ3v) is 4.25. The molecule has 1 amide bonds. The lowest BCUT2D eigenvalue weighted by molar-refractivity contribution is -0.138. The second-order valence-corrected chi connectivity index (χ2v) is 5.64. The molecule has 1 aliphatic carbocycles. The van der Waals surface area contributed by atoms with Crippen LogP contribution in [0.15, 0.2) is 0 Å². The van der Waals surface area contributed by atoms with E-state index in [4.69, 9.17) is 5.11 Å². The molecule has 0 aromatic rings. The summed E-state index contributed by atoms with van der Waals surface area (Å²) in [6, 6.07) is 0.408. The van der Waals surface area contributed by atoms with Crippen molar-refractivity contribution in [1.29, 1.82) is 0 Å². The number of hydrogen-bond acceptors (Lipinski definition) is 3. The summed E-state index contributed by atoms with van der Waals surface area (Å²) in [5.74, 6) is -0.605. The fourth-order valence-corrected chi connectivity index (χ4v) is 3.14. The molecule has 1 saturated heterocycles. The molecule has 0 spiro atoms. The lowest BCUT2D eigenvalue weighted by atomic mass is 10.2. The average Bonchev–Trinajstić information content (AvgIpc) is 3.05. The van der Waals surface area contributed by atoms with Crippen LogP contribution in [0.2, 0.25) is 0 Å². The number of rotatable bonds is 6. The third kappa shape index (κ3) is 4.20. The summed E-state index contributed by atoms with van der Waals surface area (Å²) < 4.78 is 0. The molecule has 1 aliphatic heterocycles. The molecule has 0 aromatic heterocycles. The monoisotopic (exact) mass is 268 g/mol. The number of nitrogens with zero attached hydrogens (tertiary/aromatic N) is 2. The fourth-order valence-electron chi connectivity index (χ4n) is 3.14. The van der Waals surface area contributed by atoms with E-state index in [1.54, 1.807) is 0 Å². The van der Waals surface area contributed by atoms with Crippen molar-refractivity contribution >= 4 is 11.9 Å². The summed E-state index contributed by atoms with van der Waals surface area (Å²) in [4.78, 5) is 27.0. The highest BCUT2D eigenvalue weighted by Gasteiger charge is 2.27. The predicted octanol–water partition coefficient (Wildman–Crippen LogP) is 1.33. The summed E-state index contributed by atoms with van der Waals surface area (Å²) >= 11 is 0. The van der Waals surface area contributed by atoms with E-state index in [1.165, 1.54) is 12.8 Å². The van der Waals surface area contributed by atoms with Gasteiger partial charge in [0, 0.05) is 25.7 Å². The van der Waals surface area contributed by atoms with Crippen molar-refractivity contribution in [3.05, 3.63) is 0 Å². The van der Waals surface area contributed by atoms with E-state index in [1.807, 2.05) is 4.90 Å². The number of hydrogen-bond donors (Lipinski definition) is 1. The minimum absolute atomic E-state index is 0.129. The van der Waals surface area contributed by atoms with Gasteiger partial charge in [-0.3, -0.25) is 14.5 Å². The fraction of sp³-hybridized carbons (Fsp3) is 0.857. The SMILES string of the molecule is O=C(O)CCN(CC(=O)N1CCCC1)C1CCCC1. The van der Waals surface area contributed by atoms with Crippen molar-refractivity contribution in [1.82, 2.24) is 9.80 Å². The van der Waals surface area contributed by atoms with Crippen molar-refractivity contribution in [2.75, 3.05) is 26.2 Å². The van der Waals surface area contributed by atoms with E-state index < -0.39 is 5.97 Å². The number of carboxylic acids is 1. The smallest absolute Gasteiger partial charge is 0.304 e. The molecule has 5 nitrogen and oxygen atoms in total. The highest BCUT2D eigenvalue weighted by atomic mass is 16.4. The van der Waals surface area contributed by atoms with Gasteiger partial charge in [0.1, 0.15) is 0 Å². The number of amides is 1. The molecule has 0 unspecified atom stereocenters. The van der Waals surface area contributed by atoms with Crippen molar-refractivity contribution in [2.45, 2.75) is 51.0 Å². The first-order valence-electron chi connectivity index (χ1n) is 7.40. The van der Waals surface area contributed by atoms with Gasteiger partial charge in [0.25, 0.3) is 0 Å². The highest BCUT2D eigenvalue weighted by molar-refractivity contribution is 5.78. The Morgan fingerprint density at radius 1 is 1.11 bits per heavy atom. The van der Waals surface area contributed by atoms with Gasteiger partial charge in [-0.15, -0.1) is 0 Å². The van der Waals surface area contributed by atoms with Gasteiger partial charge < -0.3 is 10.0 Å². The van der Waals surface area contributed by atoms with Crippen molar-refractivity contribution in [3.63, 3.8) is 0 Å². The summed E-state index contributed by atoms with van der Waals surface area (Å²) in [7, 11) is 0. The van der Waals surface area contributed by atoms with Gasteiger partial charge in [-0.1, -0.05) is 12.8 Å². The van der Waals surface area contributed by atoms with Crippen LogP contribution in [0.1, 0.15) is 44.9 Å². The van der Waals surface area contributed by atoms with Crippen LogP contribution in [0.5, 0.6) is 0 Å². The maximum Gasteiger partial charge on any atom is 0.304 e. The Morgan fingerprint density at radius 2 is 1.74 bits per heavy atom. The molecule has 1 saturated carbocycles. The maximum absolute atomic E-state index is 12.2. The number of carboxylic acid groups (broad SMARTS) is 1. The molecular formula is C14H24N2O3. The van der Waals surface area contributed by atoms with Gasteiger partial charge in [0.05, 0.1) is 13.0 Å². The predicted molar refractivity (Wildman–Crippen MR) is 71.9 cm³/mol. The van der Waals surface area contributed by atoms with E-state index in [-0.39, 0.29) is 12.3 Å². The minimum atomic E-state index is -0.781. The molecule has 0 aromatic carbocycles. The molecule has 19 heavy (non-hydrogen) atoms. The minimum Gasteiger partial charge on any atom is -0.481 e. The summed E-state index contributed by atoms with van der Waals surface area (Å²) in [6.45, 7) is 2.64. The topological polar surface area (TPSA) is 60.9 Å². The van der Waals surface area contributed by atoms with Crippen LogP contribution < -0.4 is 0 Å². The summed E-state index contributed by atoms with van der Waals surface area (Å²) in [5, 5.41) is 8.83. The van der Waals surface area contributed by atoms with E-state index in [0.29, 0.717) is 19.1 Å². The molecule has 2 aliphatic rings. The van der Waals surface area contributed by atoms with Gasteiger partial charge in [-0.05, 0) is 25.7 Å². The number of carbonyl (C=O) groups excluding carboxylic acids is 1. The average molecular weight is 268 g/mol. The van der Waals surface area contributed by atoms with Crippen LogP contribution in [-0.2, 0) is 9.59 Å². The van der Waals surface area contributed by atoms with Gasteiger partial charge >= 0.3 is 5.97 Å². The molecule has 0 bridgehead atoms. The maximum atomic E-state index is 12.2. The first-order chi connectivity index (χ1) is 9.16. The highest BCUT2D eigenvalue weighted by Crippen LogP contribution is 2.24. The zero-order valence-electron chi connectivity index (χ0n) is 11.5. The normalized spacial score (nSPS) is 20.4. The number of likely N-dealkylation sites (tertiary alicyclic amines) is 1. The Balaban J connectivity index is 1.87. The zero-order chi connectivity index (χ0) is 13.7. The summed E-state index contributed by atoms with van der Waals surface area (Å²) in [6.07, 6.45) is 6.94. The zero-order valence-corrected chi connectivity index (χ0v) is 11.5. The molecular weight excluding hydrogens is 244 g/mol. The molecule has 2 rings (SSSR count). The van der Waals surface area contributed by atoms with Crippen LogP contribution in [0.25, 0.3) is 0 Å². The second-order valence-electron chi connectivity index (χ2n) is 5.64. The Labute approximate surface area is 114 Å². The van der Waals surface area contributed by atoms with E-state index >= 15 is 0 Å². The third-order valence-electron chi connectivity index (χ3n) is 4.25. The molecule has 0 radical (unpaired) electrons. The van der Waals surface area contributed by atoms with E-state index in [2.05, 4.69) is 4.90 Å². The van der Waals surface area contributed by atoms with Crippen LogP contribution in [-0.4, -0.2) is 59.0 Å². The molecule has 108 valence electrons. The molecule has 1 N–H and O–H groups in total. The first kappa shape index (κ1) is 14.3. The Morgan fingerprint density at radius 3 is 2.32 bits per heavy atom. The van der Waals surface area contributed by atoms with Crippen LogP contribution in [0, 0.1) is 0 Å². The quantitative estimate of drug-likeness (QED) is 0.789. The lowest BCUT2D eigenvalue weighted by Crippen LogP contribution is -2.43. The Bertz CT molecular complexity index is 321. The first-order valence-corrected chi connectivity index (χ1v) is 7.40. The Kier molecular flexibility index (Phi) is 5.19. The van der Waals surface area contributed by atoms with Crippen LogP contribution in [0.4, 0.5) is 0 Å². The largest absolute Gasteiger partial charge is 0.481 e. The van der Waals surface area contributed by atoms with Crippen molar-refractivity contribution in [2.24, 2.45) is 0 Å². The lowest BCUT2D eigenvalue weighted by Gasteiger charge is -2.29. The Hall–Kier alpha value is -1.10. The van der Waals surface area contributed by atoms with Gasteiger partial charge in [-0.2, -0.15) is 0 Å². The van der Waals surface area contributed by atoms with Gasteiger partial charge in [0.15, 0.2) is 0 Å². The van der Waals surface area contributed by atoms with Gasteiger partial charge in [-0.25, -0.2) is 0 Å². The van der Waals surface area contributed by atoms with E-state index in [0.717, 1.165) is 38.8 Å². The number of carbonyl (C=O) groups is 2. The van der Waals surface area contributed by atoms with E-state index in [9.17, 15) is 9.59 Å². The second kappa shape index (κ2) is 6.89. The number of aliphatic carboxylic acids is 1. The van der Waals surface area contributed by atoms with Crippen molar-refractivity contribution < 1.29 is 14.7 Å². The molecule has 5 heteroatoms. The van der Waals surface area contributed by atoms with Crippen LogP contribution >= 0.6 is 0 Å². The van der Waals surface area contributed by atoms with Crippen LogP contribution in [0.3, 0.4) is 0 Å². The summed E-state index contributed by atoms with van der Waals surface area (Å²) in [5.41, 5.74) is 0. The molecule has 2 fully saturated rings. The van der Waals surface area contributed by atoms with Crippen molar-refractivity contribution in [3.8, 4) is 0 Å². The molecule has 1 heterocycles.